The molecule has 0 heterocycles. The van der Waals surface area contributed by atoms with Crippen molar-refractivity contribution in [2.75, 3.05) is 7.11 Å². The number of rotatable bonds is 8. The summed E-state index contributed by atoms with van der Waals surface area (Å²) in [6.45, 7) is 0.581. The molecule has 1 amide bonds. The highest BCUT2D eigenvalue weighted by Gasteiger charge is 2.13. The third-order valence-electron chi connectivity index (χ3n) is 4.61. The zero-order valence-corrected chi connectivity index (χ0v) is 21.2. The Morgan fingerprint density at radius 3 is 2.24 bits per heavy atom. The van der Waals surface area contributed by atoms with Crippen LogP contribution in [0.25, 0.3) is 6.08 Å². The fourth-order valence-electron chi connectivity index (χ4n) is 2.87. The number of benzene rings is 3. The molecule has 3 aromatic carbocycles. The molecule has 0 radical (unpaired) electrons. The van der Waals surface area contributed by atoms with Gasteiger partial charge in [-0.1, -0.05) is 47.5 Å². The molecule has 0 saturated carbocycles. The molecule has 0 aliphatic rings. The predicted octanol–water partition coefficient (Wildman–Crippen LogP) is 6.41. The molecule has 0 aliphatic carbocycles. The highest BCUT2D eigenvalue weighted by Crippen LogP contribution is 2.35. The van der Waals surface area contributed by atoms with Crippen LogP contribution < -0.4 is 14.8 Å². The van der Waals surface area contributed by atoms with E-state index in [1.54, 1.807) is 31.4 Å². The summed E-state index contributed by atoms with van der Waals surface area (Å²) in [7, 11) is 1.59. The summed E-state index contributed by atoms with van der Waals surface area (Å²) in [5, 5.41) is 12.8. The fraction of sp³-hybridized carbons (Fsp3) is 0.120. The van der Waals surface area contributed by atoms with E-state index in [-0.39, 0.29) is 22.2 Å². The third-order valence-corrected chi connectivity index (χ3v) is 5.89. The summed E-state index contributed by atoms with van der Waals surface area (Å²) in [6.07, 6.45) is 1.43. The zero-order valence-electron chi connectivity index (χ0n) is 17.6. The Labute approximate surface area is 216 Å². The molecule has 0 bridgehead atoms. The number of halogens is 3. The Kier molecular flexibility index (Phi) is 9.01. The van der Waals surface area contributed by atoms with Crippen LogP contribution >= 0.6 is 45.8 Å². The van der Waals surface area contributed by atoms with Crippen LogP contribution in [0.5, 0.6) is 11.5 Å². The highest BCUT2D eigenvalue weighted by atomic mass is 127. The van der Waals surface area contributed by atoms with E-state index in [1.165, 1.54) is 6.08 Å². The highest BCUT2D eigenvalue weighted by molar-refractivity contribution is 14.1. The van der Waals surface area contributed by atoms with E-state index in [0.29, 0.717) is 17.9 Å². The first kappa shape index (κ1) is 24.9. The van der Waals surface area contributed by atoms with E-state index < -0.39 is 5.91 Å². The Hall–Kier alpha value is -2.73. The minimum atomic E-state index is -0.500. The summed E-state index contributed by atoms with van der Waals surface area (Å²) in [4.78, 5) is 12.5. The third kappa shape index (κ3) is 7.13. The van der Waals surface area contributed by atoms with Crippen LogP contribution in [0.3, 0.4) is 0 Å². The van der Waals surface area contributed by atoms with Crippen molar-refractivity contribution < 1.29 is 14.3 Å². The first-order valence-corrected chi connectivity index (χ1v) is 11.6. The van der Waals surface area contributed by atoms with Gasteiger partial charge in [0.2, 0.25) is 0 Å². The zero-order chi connectivity index (χ0) is 23.8. The van der Waals surface area contributed by atoms with Crippen molar-refractivity contribution in [2.45, 2.75) is 13.2 Å². The molecular formula is C25H19Cl2IN2O3. The van der Waals surface area contributed by atoms with Crippen LogP contribution in [0, 0.1) is 14.9 Å². The number of methoxy groups -OCH3 is 1. The van der Waals surface area contributed by atoms with Gasteiger partial charge in [-0.25, -0.2) is 0 Å². The molecule has 0 saturated heterocycles. The molecule has 0 unspecified atom stereocenters. The largest absolute Gasteiger partial charge is 0.497 e. The van der Waals surface area contributed by atoms with Crippen LogP contribution in [-0.2, 0) is 17.9 Å². The topological polar surface area (TPSA) is 71.3 Å². The summed E-state index contributed by atoms with van der Waals surface area (Å²) < 4.78 is 12.0. The number of nitrogens with zero attached hydrogens (tertiary/aromatic N) is 1. The summed E-state index contributed by atoms with van der Waals surface area (Å²) in [5.74, 6) is 0.568. The molecule has 0 atom stereocenters. The number of ether oxygens (including phenoxy) is 2. The first-order valence-electron chi connectivity index (χ1n) is 9.79. The lowest BCUT2D eigenvalue weighted by Gasteiger charge is -2.11. The first-order chi connectivity index (χ1) is 15.9. The molecule has 3 rings (SSSR count). The molecular weight excluding hydrogens is 574 g/mol. The van der Waals surface area contributed by atoms with E-state index >= 15 is 0 Å². The number of nitrogens with one attached hydrogen (secondary N) is 1. The van der Waals surface area contributed by atoms with Crippen LogP contribution in [0.2, 0.25) is 10.0 Å². The lowest BCUT2D eigenvalue weighted by Crippen LogP contribution is -2.23. The molecule has 0 fully saturated rings. The summed E-state index contributed by atoms with van der Waals surface area (Å²) in [6, 6.07) is 20.3. The predicted molar refractivity (Wildman–Crippen MR) is 138 cm³/mol. The van der Waals surface area contributed by atoms with E-state index in [2.05, 4.69) is 27.9 Å². The molecule has 5 nitrogen and oxygen atoms in total. The van der Waals surface area contributed by atoms with Gasteiger partial charge in [-0.05, 0) is 81.8 Å². The Morgan fingerprint density at radius 2 is 1.67 bits per heavy atom. The SMILES string of the molecule is COc1ccc(CNC(=O)/C(C#N)=C\c2cc(Cl)c(OCc3ccc(I)cc3)c(Cl)c2)cc1. The smallest absolute Gasteiger partial charge is 0.262 e. The Morgan fingerprint density at radius 1 is 1.06 bits per heavy atom. The molecule has 168 valence electrons. The Bertz CT molecular complexity index is 1180. The lowest BCUT2D eigenvalue weighted by molar-refractivity contribution is -0.117. The van der Waals surface area contributed by atoms with Gasteiger partial charge in [0, 0.05) is 10.1 Å². The van der Waals surface area contributed by atoms with Gasteiger partial charge in [-0.2, -0.15) is 5.26 Å². The van der Waals surface area contributed by atoms with Crippen molar-refractivity contribution in [3.8, 4) is 17.6 Å². The number of hydrogen-bond donors (Lipinski definition) is 1. The van der Waals surface area contributed by atoms with Crippen LogP contribution in [0.15, 0.2) is 66.2 Å². The van der Waals surface area contributed by atoms with E-state index in [1.807, 2.05) is 42.5 Å². The van der Waals surface area contributed by atoms with Gasteiger partial charge in [0.15, 0.2) is 5.75 Å². The van der Waals surface area contributed by atoms with Crippen LogP contribution in [0.4, 0.5) is 0 Å². The fourth-order valence-corrected chi connectivity index (χ4v) is 3.85. The second-order valence-electron chi connectivity index (χ2n) is 6.93. The van der Waals surface area contributed by atoms with Gasteiger partial charge in [0.1, 0.15) is 24.0 Å². The molecule has 0 spiro atoms. The van der Waals surface area contributed by atoms with Gasteiger partial charge in [0.25, 0.3) is 5.91 Å². The average molecular weight is 593 g/mol. The van der Waals surface area contributed by atoms with E-state index in [4.69, 9.17) is 32.7 Å². The maximum absolute atomic E-state index is 12.5. The molecule has 1 N–H and O–H groups in total. The standard InChI is InChI=1S/C25H19Cl2IN2O3/c1-32-21-8-4-16(5-9-21)14-30-25(31)19(13-29)10-18-11-22(26)24(23(27)12-18)33-15-17-2-6-20(28)7-3-17/h2-12H,14-15H2,1H3,(H,30,31)/b19-10-. The quantitative estimate of drug-likeness (QED) is 0.186. The monoisotopic (exact) mass is 592 g/mol. The number of carbonyl (C=O) groups is 1. The summed E-state index contributed by atoms with van der Waals surface area (Å²) >= 11 is 15.0. The minimum absolute atomic E-state index is 0.0665. The van der Waals surface area contributed by atoms with E-state index in [0.717, 1.165) is 20.4 Å². The van der Waals surface area contributed by atoms with Gasteiger partial charge < -0.3 is 14.8 Å². The van der Waals surface area contributed by atoms with E-state index in [9.17, 15) is 10.1 Å². The lowest BCUT2D eigenvalue weighted by atomic mass is 10.1. The second kappa shape index (κ2) is 11.9. The maximum atomic E-state index is 12.5. The minimum Gasteiger partial charge on any atom is -0.497 e. The Balaban J connectivity index is 1.68. The number of nitriles is 1. The second-order valence-corrected chi connectivity index (χ2v) is 8.99. The van der Waals surface area contributed by atoms with Crippen molar-refractivity contribution in [1.29, 1.82) is 5.26 Å². The van der Waals surface area contributed by atoms with Gasteiger partial charge >= 0.3 is 0 Å². The molecule has 0 aliphatic heterocycles. The molecule has 0 aromatic heterocycles. The van der Waals surface area contributed by atoms with Crippen LogP contribution in [-0.4, -0.2) is 13.0 Å². The number of amides is 1. The van der Waals surface area contributed by atoms with Crippen molar-refractivity contribution in [1.82, 2.24) is 5.32 Å². The van der Waals surface area contributed by atoms with Crippen molar-refractivity contribution in [3.05, 3.63) is 96.5 Å². The molecule has 3 aromatic rings. The summed E-state index contributed by atoms with van der Waals surface area (Å²) in [5.41, 5.74) is 2.31. The number of carbonyl (C=O) groups excluding carboxylic acids is 1. The van der Waals surface area contributed by atoms with Crippen molar-refractivity contribution >= 4 is 57.8 Å². The van der Waals surface area contributed by atoms with Crippen molar-refractivity contribution in [3.63, 3.8) is 0 Å². The van der Waals surface area contributed by atoms with Gasteiger partial charge in [-0.3, -0.25) is 4.79 Å². The van der Waals surface area contributed by atoms with Crippen molar-refractivity contribution in [2.24, 2.45) is 0 Å². The number of hydrogen-bond acceptors (Lipinski definition) is 4. The van der Waals surface area contributed by atoms with Crippen LogP contribution in [0.1, 0.15) is 16.7 Å². The van der Waals surface area contributed by atoms with Gasteiger partial charge in [0.05, 0.1) is 17.2 Å². The maximum Gasteiger partial charge on any atom is 0.262 e. The average Bonchev–Trinajstić information content (AvgIpc) is 2.82. The molecule has 33 heavy (non-hydrogen) atoms. The van der Waals surface area contributed by atoms with Gasteiger partial charge in [-0.15, -0.1) is 0 Å². The normalized spacial score (nSPS) is 10.9. The molecule has 8 heteroatoms.